The van der Waals surface area contributed by atoms with Crippen LogP contribution in [0.4, 0.5) is 10.7 Å². The van der Waals surface area contributed by atoms with Crippen molar-refractivity contribution in [3.63, 3.8) is 0 Å². The van der Waals surface area contributed by atoms with Gasteiger partial charge in [0.05, 0.1) is 6.61 Å². The number of nitrogens with one attached hydrogen (secondary N) is 2. The molecule has 0 radical (unpaired) electrons. The largest absolute Gasteiger partial charge is 0.462 e. The summed E-state index contributed by atoms with van der Waals surface area (Å²) in [6.45, 7) is 2.00. The molecule has 8 heteroatoms. The highest BCUT2D eigenvalue weighted by Gasteiger charge is 2.29. The minimum atomic E-state index is -0.462. The quantitative estimate of drug-likeness (QED) is 0.491. The molecule has 0 unspecified atom stereocenters. The smallest absolute Gasteiger partial charge is 0.341 e. The van der Waals surface area contributed by atoms with Crippen LogP contribution in [-0.4, -0.2) is 24.4 Å². The van der Waals surface area contributed by atoms with E-state index in [4.69, 9.17) is 4.74 Å². The summed E-state index contributed by atoms with van der Waals surface area (Å²) >= 11 is 2.81. The van der Waals surface area contributed by atoms with E-state index in [0.29, 0.717) is 21.8 Å². The molecule has 0 atom stereocenters. The second-order valence-corrected chi connectivity index (χ2v) is 8.67. The molecule has 0 aliphatic heterocycles. The Hall–Kier alpha value is -2.97. The maximum absolute atomic E-state index is 12.8. The van der Waals surface area contributed by atoms with E-state index in [9.17, 15) is 14.4 Å². The van der Waals surface area contributed by atoms with Crippen molar-refractivity contribution in [3.05, 3.63) is 58.3 Å². The van der Waals surface area contributed by atoms with Crippen LogP contribution >= 0.6 is 22.7 Å². The Balaban J connectivity index is 1.52. The van der Waals surface area contributed by atoms with Gasteiger partial charge in [0, 0.05) is 33.0 Å². The van der Waals surface area contributed by atoms with Gasteiger partial charge < -0.3 is 15.4 Å². The van der Waals surface area contributed by atoms with Gasteiger partial charge in [0.2, 0.25) is 5.91 Å². The predicted molar refractivity (Wildman–Crippen MR) is 119 cm³/mol. The number of benzene rings is 1. The average molecular weight is 441 g/mol. The van der Waals surface area contributed by atoms with Crippen molar-refractivity contribution >= 4 is 51.1 Å². The van der Waals surface area contributed by atoms with Gasteiger partial charge in [-0.3, -0.25) is 9.59 Å². The van der Waals surface area contributed by atoms with Crippen molar-refractivity contribution in [1.29, 1.82) is 0 Å². The number of anilines is 2. The summed E-state index contributed by atoms with van der Waals surface area (Å²) in [6.07, 6.45) is 1.87. The number of hydrogen-bond donors (Lipinski definition) is 2. The average Bonchev–Trinajstić information content (AvgIpc) is 3.29. The Morgan fingerprint density at radius 3 is 2.47 bits per heavy atom. The van der Waals surface area contributed by atoms with Gasteiger partial charge in [-0.25, -0.2) is 4.79 Å². The summed E-state index contributed by atoms with van der Waals surface area (Å²) in [6, 6.07) is 10.5. The molecule has 2 heterocycles. The van der Waals surface area contributed by atoms with Crippen LogP contribution < -0.4 is 10.6 Å². The standard InChI is InChI=1S/C22H20N2O4S2/c1-2-28-22(27)18-16(17-4-3-11-29-17)12-30-21(18)24-20(26)14-7-9-15(10-8-14)23-19(25)13-5-6-13/h3-4,7-13H,2,5-6H2,1H3,(H,23,25)(H,24,26). The third-order valence-electron chi connectivity index (χ3n) is 4.65. The monoisotopic (exact) mass is 440 g/mol. The maximum Gasteiger partial charge on any atom is 0.341 e. The van der Waals surface area contributed by atoms with Crippen LogP contribution in [0.2, 0.25) is 0 Å². The predicted octanol–water partition coefficient (Wildman–Crippen LogP) is 5.25. The molecule has 0 bridgehead atoms. The third-order valence-corrected chi connectivity index (χ3v) is 6.45. The van der Waals surface area contributed by atoms with Crippen LogP contribution in [0.5, 0.6) is 0 Å². The molecule has 2 N–H and O–H groups in total. The van der Waals surface area contributed by atoms with Gasteiger partial charge in [0.1, 0.15) is 10.6 Å². The normalized spacial score (nSPS) is 13.0. The van der Waals surface area contributed by atoms with Crippen LogP contribution in [0.3, 0.4) is 0 Å². The summed E-state index contributed by atoms with van der Waals surface area (Å²) in [4.78, 5) is 38.1. The minimum Gasteiger partial charge on any atom is -0.462 e. The summed E-state index contributed by atoms with van der Waals surface area (Å²) in [5.74, 6) is -0.660. The van der Waals surface area contributed by atoms with E-state index in [2.05, 4.69) is 10.6 Å². The van der Waals surface area contributed by atoms with Crippen molar-refractivity contribution in [3.8, 4) is 10.4 Å². The topological polar surface area (TPSA) is 84.5 Å². The first-order valence-electron chi connectivity index (χ1n) is 9.61. The van der Waals surface area contributed by atoms with Gasteiger partial charge in [-0.05, 0) is 55.5 Å². The van der Waals surface area contributed by atoms with Crippen molar-refractivity contribution < 1.29 is 19.1 Å². The summed E-state index contributed by atoms with van der Waals surface area (Å²) in [5, 5.41) is 9.92. The fourth-order valence-electron chi connectivity index (χ4n) is 2.94. The van der Waals surface area contributed by atoms with E-state index in [-0.39, 0.29) is 24.3 Å². The molecule has 2 amide bonds. The van der Waals surface area contributed by atoms with E-state index in [0.717, 1.165) is 23.3 Å². The third kappa shape index (κ3) is 4.44. The van der Waals surface area contributed by atoms with E-state index in [1.165, 1.54) is 22.7 Å². The molecule has 1 aromatic carbocycles. The van der Waals surface area contributed by atoms with E-state index in [1.54, 1.807) is 31.2 Å². The number of thiophene rings is 2. The molecule has 0 saturated heterocycles. The number of ether oxygens (including phenoxy) is 1. The van der Waals surface area contributed by atoms with E-state index >= 15 is 0 Å². The molecule has 154 valence electrons. The number of rotatable bonds is 7. The molecular weight excluding hydrogens is 420 g/mol. The number of carbonyl (C=O) groups excluding carboxylic acids is 3. The highest BCUT2D eigenvalue weighted by atomic mass is 32.1. The van der Waals surface area contributed by atoms with Crippen molar-refractivity contribution in [2.75, 3.05) is 17.2 Å². The SMILES string of the molecule is CCOC(=O)c1c(-c2cccs2)csc1NC(=O)c1ccc(NC(=O)C2CC2)cc1. The van der Waals surface area contributed by atoms with Crippen LogP contribution in [0.25, 0.3) is 10.4 Å². The first-order valence-corrected chi connectivity index (χ1v) is 11.4. The highest BCUT2D eigenvalue weighted by molar-refractivity contribution is 7.17. The lowest BCUT2D eigenvalue weighted by molar-refractivity contribution is -0.117. The lowest BCUT2D eigenvalue weighted by atomic mass is 10.1. The van der Waals surface area contributed by atoms with Crippen LogP contribution in [0.15, 0.2) is 47.2 Å². The van der Waals surface area contributed by atoms with Crippen molar-refractivity contribution in [2.24, 2.45) is 5.92 Å². The van der Waals surface area contributed by atoms with Gasteiger partial charge in [0.15, 0.2) is 0 Å². The minimum absolute atomic E-state index is 0.0194. The second-order valence-electron chi connectivity index (χ2n) is 6.85. The number of carbonyl (C=O) groups is 3. The molecule has 30 heavy (non-hydrogen) atoms. The molecule has 2 aromatic heterocycles. The summed E-state index contributed by atoms with van der Waals surface area (Å²) in [5.41, 5.74) is 2.21. The molecule has 1 saturated carbocycles. The fourth-order valence-corrected chi connectivity index (χ4v) is 4.71. The first kappa shape index (κ1) is 20.3. The van der Waals surface area contributed by atoms with Gasteiger partial charge in [0.25, 0.3) is 5.91 Å². The first-order chi connectivity index (χ1) is 14.6. The number of esters is 1. The maximum atomic E-state index is 12.8. The Bertz CT molecular complexity index is 1070. The molecule has 4 rings (SSSR count). The Morgan fingerprint density at radius 2 is 1.83 bits per heavy atom. The second kappa shape index (κ2) is 8.81. The van der Waals surface area contributed by atoms with Gasteiger partial charge in [-0.1, -0.05) is 6.07 Å². The fraction of sp³-hybridized carbons (Fsp3) is 0.227. The Labute approximate surface area is 181 Å². The zero-order chi connectivity index (χ0) is 21.1. The number of hydrogen-bond acceptors (Lipinski definition) is 6. The van der Waals surface area contributed by atoms with Crippen molar-refractivity contribution in [2.45, 2.75) is 19.8 Å². The zero-order valence-corrected chi connectivity index (χ0v) is 17.9. The van der Waals surface area contributed by atoms with Crippen LogP contribution in [-0.2, 0) is 9.53 Å². The summed E-state index contributed by atoms with van der Waals surface area (Å²) in [7, 11) is 0. The molecular formula is C22H20N2O4S2. The molecule has 1 aliphatic rings. The van der Waals surface area contributed by atoms with Crippen LogP contribution in [0.1, 0.15) is 40.5 Å². The summed E-state index contributed by atoms with van der Waals surface area (Å²) < 4.78 is 5.21. The Morgan fingerprint density at radius 1 is 1.07 bits per heavy atom. The Kier molecular flexibility index (Phi) is 5.96. The van der Waals surface area contributed by atoms with E-state index < -0.39 is 5.97 Å². The number of amides is 2. The highest BCUT2D eigenvalue weighted by Crippen LogP contribution is 2.38. The van der Waals surface area contributed by atoms with E-state index in [1.807, 2.05) is 22.9 Å². The van der Waals surface area contributed by atoms with Crippen LogP contribution in [0, 0.1) is 5.92 Å². The van der Waals surface area contributed by atoms with Gasteiger partial charge in [-0.15, -0.1) is 22.7 Å². The van der Waals surface area contributed by atoms with Gasteiger partial charge >= 0.3 is 5.97 Å². The molecule has 3 aromatic rings. The molecule has 1 fully saturated rings. The molecule has 6 nitrogen and oxygen atoms in total. The van der Waals surface area contributed by atoms with Crippen molar-refractivity contribution in [1.82, 2.24) is 0 Å². The lowest BCUT2D eigenvalue weighted by Crippen LogP contribution is -2.15. The zero-order valence-electron chi connectivity index (χ0n) is 16.3. The van der Waals surface area contributed by atoms with Gasteiger partial charge in [-0.2, -0.15) is 0 Å². The lowest BCUT2D eigenvalue weighted by Gasteiger charge is -2.09. The molecule has 0 spiro atoms. The molecule has 1 aliphatic carbocycles.